The molecule has 0 spiro atoms. The molecule has 0 aromatic heterocycles. The van der Waals surface area contributed by atoms with Gasteiger partial charge in [-0.2, -0.15) is 5.10 Å². The summed E-state index contributed by atoms with van der Waals surface area (Å²) in [5, 5.41) is 7.70. The summed E-state index contributed by atoms with van der Waals surface area (Å²) in [5.74, 6) is 1.15. The van der Waals surface area contributed by atoms with E-state index in [1.54, 1.807) is 30.3 Å². The van der Waals surface area contributed by atoms with Crippen molar-refractivity contribution >= 4 is 57.1 Å². The van der Waals surface area contributed by atoms with Crippen molar-refractivity contribution in [3.63, 3.8) is 0 Å². The number of hydrogen-bond acceptors (Lipinski definition) is 4. The van der Waals surface area contributed by atoms with Gasteiger partial charge in [0.2, 0.25) is 0 Å². The molecule has 9 heteroatoms. The molecule has 172 valence electrons. The lowest BCUT2D eigenvalue weighted by molar-refractivity contribution is 0.252. The maximum Gasteiger partial charge on any atom is 0.339 e. The van der Waals surface area contributed by atoms with Gasteiger partial charge in [0, 0.05) is 10.2 Å². The van der Waals surface area contributed by atoms with Gasteiger partial charge in [-0.15, -0.1) is 0 Å². The Kier molecular flexibility index (Phi) is 9.00. The number of halogens is 3. The number of amides is 2. The molecule has 0 radical (unpaired) electrons. The highest BCUT2D eigenvalue weighted by Crippen LogP contribution is 2.30. The van der Waals surface area contributed by atoms with Crippen molar-refractivity contribution in [1.82, 2.24) is 5.43 Å². The van der Waals surface area contributed by atoms with Crippen LogP contribution in [0.3, 0.4) is 0 Å². The van der Waals surface area contributed by atoms with Crippen LogP contribution in [-0.2, 0) is 6.61 Å². The number of benzene rings is 3. The molecule has 33 heavy (non-hydrogen) atoms. The zero-order valence-electron chi connectivity index (χ0n) is 18.0. The van der Waals surface area contributed by atoms with Crippen LogP contribution >= 0.6 is 39.1 Å². The molecule has 6 nitrogen and oxygen atoms in total. The summed E-state index contributed by atoms with van der Waals surface area (Å²) >= 11 is 15.5. The highest BCUT2D eigenvalue weighted by molar-refractivity contribution is 9.10. The predicted molar refractivity (Wildman–Crippen MR) is 137 cm³/mol. The quantitative estimate of drug-likeness (QED) is 0.230. The second-order valence-corrected chi connectivity index (χ2v) is 8.63. The molecule has 0 bridgehead atoms. The largest absolute Gasteiger partial charge is 0.490 e. The smallest absolute Gasteiger partial charge is 0.339 e. The van der Waals surface area contributed by atoms with E-state index in [2.05, 4.69) is 31.8 Å². The topological polar surface area (TPSA) is 72.0 Å². The van der Waals surface area contributed by atoms with E-state index in [9.17, 15) is 4.79 Å². The standard InChI is InChI=1S/C24H22BrCl2N3O3/c1-3-32-23-12-16(5-9-22(23)33-14-17-4-8-20(26)21(27)11-17)13-28-30-24(31)29-18-6-7-19(25)15(2)10-18/h4-13H,3,14H2,1-2H3,(H2,29,30,31)/b28-13+. The molecule has 0 saturated heterocycles. The minimum Gasteiger partial charge on any atom is -0.490 e. The molecular formula is C24H22BrCl2N3O3. The van der Waals surface area contributed by atoms with Crippen LogP contribution in [0.25, 0.3) is 0 Å². The van der Waals surface area contributed by atoms with Crippen LogP contribution in [0.1, 0.15) is 23.6 Å². The number of anilines is 1. The van der Waals surface area contributed by atoms with Crippen LogP contribution in [0, 0.1) is 6.92 Å². The molecule has 0 aliphatic carbocycles. The monoisotopic (exact) mass is 549 g/mol. The molecule has 0 heterocycles. The predicted octanol–water partition coefficient (Wildman–Crippen LogP) is 7.20. The van der Waals surface area contributed by atoms with E-state index in [1.807, 2.05) is 38.1 Å². The van der Waals surface area contributed by atoms with E-state index in [1.165, 1.54) is 6.21 Å². The second-order valence-electron chi connectivity index (χ2n) is 6.96. The second kappa shape index (κ2) is 11.9. The Morgan fingerprint density at radius 3 is 2.58 bits per heavy atom. The van der Waals surface area contributed by atoms with E-state index < -0.39 is 6.03 Å². The number of hydrazone groups is 1. The molecule has 0 aliphatic heterocycles. The Balaban J connectivity index is 1.61. The van der Waals surface area contributed by atoms with Crippen molar-refractivity contribution < 1.29 is 14.3 Å². The lowest BCUT2D eigenvalue weighted by Gasteiger charge is -2.13. The molecule has 0 saturated carbocycles. The van der Waals surface area contributed by atoms with Crippen molar-refractivity contribution in [2.24, 2.45) is 5.10 Å². The molecule has 0 atom stereocenters. The van der Waals surface area contributed by atoms with Crippen molar-refractivity contribution in [1.29, 1.82) is 0 Å². The Hall–Kier alpha value is -2.74. The molecule has 3 aromatic carbocycles. The van der Waals surface area contributed by atoms with Gasteiger partial charge in [-0.3, -0.25) is 0 Å². The van der Waals surface area contributed by atoms with Crippen molar-refractivity contribution in [2.45, 2.75) is 20.5 Å². The van der Waals surface area contributed by atoms with Gasteiger partial charge in [-0.25, -0.2) is 10.2 Å². The summed E-state index contributed by atoms with van der Waals surface area (Å²) in [7, 11) is 0. The van der Waals surface area contributed by atoms with E-state index in [-0.39, 0.29) is 0 Å². The first-order chi connectivity index (χ1) is 15.9. The van der Waals surface area contributed by atoms with Crippen molar-refractivity contribution in [3.05, 3.63) is 85.8 Å². The number of carbonyl (C=O) groups excluding carboxylic acids is 1. The van der Waals surface area contributed by atoms with Gasteiger partial charge >= 0.3 is 6.03 Å². The van der Waals surface area contributed by atoms with E-state index in [0.29, 0.717) is 40.4 Å². The van der Waals surface area contributed by atoms with E-state index >= 15 is 0 Å². The van der Waals surface area contributed by atoms with Gasteiger partial charge in [0.1, 0.15) is 6.61 Å². The molecule has 2 N–H and O–H groups in total. The molecule has 0 fully saturated rings. The summed E-state index contributed by atoms with van der Waals surface area (Å²) in [4.78, 5) is 12.1. The first-order valence-electron chi connectivity index (χ1n) is 10.1. The minimum absolute atomic E-state index is 0.307. The fourth-order valence-corrected chi connectivity index (χ4v) is 3.40. The summed E-state index contributed by atoms with van der Waals surface area (Å²) in [6.45, 7) is 4.61. The van der Waals surface area contributed by atoms with Gasteiger partial charge < -0.3 is 14.8 Å². The van der Waals surface area contributed by atoms with Crippen LogP contribution < -0.4 is 20.2 Å². The third-order valence-electron chi connectivity index (χ3n) is 4.44. The summed E-state index contributed by atoms with van der Waals surface area (Å²) in [6, 6.07) is 15.8. The first-order valence-corrected chi connectivity index (χ1v) is 11.6. The van der Waals surface area contributed by atoms with E-state index in [0.717, 1.165) is 21.2 Å². The zero-order chi connectivity index (χ0) is 23.8. The Labute approximate surface area is 211 Å². The van der Waals surface area contributed by atoms with Crippen LogP contribution in [0.4, 0.5) is 10.5 Å². The van der Waals surface area contributed by atoms with Gasteiger partial charge in [-0.1, -0.05) is 45.2 Å². The van der Waals surface area contributed by atoms with Crippen LogP contribution in [0.2, 0.25) is 10.0 Å². The number of ether oxygens (including phenoxy) is 2. The third kappa shape index (κ3) is 7.39. The van der Waals surface area contributed by atoms with Crippen molar-refractivity contribution in [3.8, 4) is 11.5 Å². The molecule has 0 aliphatic rings. The van der Waals surface area contributed by atoms with Crippen LogP contribution in [-0.4, -0.2) is 18.9 Å². The number of hydrogen-bond donors (Lipinski definition) is 2. The first kappa shape index (κ1) is 24.9. The lowest BCUT2D eigenvalue weighted by atomic mass is 10.2. The lowest BCUT2D eigenvalue weighted by Crippen LogP contribution is -2.24. The van der Waals surface area contributed by atoms with Crippen LogP contribution in [0.5, 0.6) is 11.5 Å². The number of rotatable bonds is 8. The number of nitrogens with zero attached hydrogens (tertiary/aromatic N) is 1. The summed E-state index contributed by atoms with van der Waals surface area (Å²) < 4.78 is 12.6. The molecular weight excluding hydrogens is 529 g/mol. The highest BCUT2D eigenvalue weighted by atomic mass is 79.9. The third-order valence-corrected chi connectivity index (χ3v) is 6.07. The maximum absolute atomic E-state index is 12.1. The summed E-state index contributed by atoms with van der Waals surface area (Å²) in [6.07, 6.45) is 1.53. The average molecular weight is 551 g/mol. The average Bonchev–Trinajstić information content (AvgIpc) is 2.78. The summed E-state index contributed by atoms with van der Waals surface area (Å²) in [5.41, 5.74) is 5.75. The number of urea groups is 1. The normalized spacial score (nSPS) is 10.8. The van der Waals surface area contributed by atoms with E-state index in [4.69, 9.17) is 32.7 Å². The molecule has 3 aromatic rings. The zero-order valence-corrected chi connectivity index (χ0v) is 21.1. The molecule has 2 amide bonds. The fraction of sp³-hybridized carbons (Fsp3) is 0.167. The highest BCUT2D eigenvalue weighted by Gasteiger charge is 2.08. The Morgan fingerprint density at radius 2 is 1.85 bits per heavy atom. The molecule has 0 unspecified atom stereocenters. The van der Waals surface area contributed by atoms with Gasteiger partial charge in [0.25, 0.3) is 0 Å². The molecule has 3 rings (SSSR count). The Morgan fingerprint density at radius 1 is 1.03 bits per heavy atom. The van der Waals surface area contributed by atoms with Gasteiger partial charge in [0.05, 0.1) is 22.9 Å². The SMILES string of the molecule is CCOc1cc(/C=N/NC(=O)Nc2ccc(Br)c(C)c2)ccc1OCc1ccc(Cl)c(Cl)c1. The maximum atomic E-state index is 12.1. The minimum atomic E-state index is -0.445. The number of nitrogens with one attached hydrogen (secondary N) is 2. The van der Waals surface area contributed by atoms with Crippen LogP contribution in [0.15, 0.2) is 64.2 Å². The number of aryl methyl sites for hydroxylation is 1. The Bertz CT molecular complexity index is 1170. The number of carbonyl (C=O) groups is 1. The van der Waals surface area contributed by atoms with Crippen molar-refractivity contribution in [2.75, 3.05) is 11.9 Å². The van der Waals surface area contributed by atoms with Gasteiger partial charge in [-0.05, 0) is 79.1 Å². The fourth-order valence-electron chi connectivity index (χ4n) is 2.83. The van der Waals surface area contributed by atoms with Gasteiger partial charge in [0.15, 0.2) is 11.5 Å².